The number of aromatic nitrogens is 3. The van der Waals surface area contributed by atoms with E-state index in [2.05, 4.69) is 15.3 Å². The molecule has 1 N–H and O–H groups in total. The SMILES string of the molecule is Cc1ccc(C(=O)NCCn2c(C(F)(F)F)nc3cccnc32)cc1C. The van der Waals surface area contributed by atoms with Crippen LogP contribution < -0.4 is 5.32 Å². The molecule has 0 bridgehead atoms. The molecule has 0 aliphatic rings. The van der Waals surface area contributed by atoms with E-state index in [-0.39, 0.29) is 30.2 Å². The number of nitrogens with zero attached hydrogens (tertiary/aromatic N) is 3. The molecule has 8 heteroatoms. The number of carbonyl (C=O) groups excluding carboxylic acids is 1. The second-order valence-corrected chi connectivity index (χ2v) is 5.99. The van der Waals surface area contributed by atoms with Crippen molar-refractivity contribution in [1.82, 2.24) is 19.9 Å². The van der Waals surface area contributed by atoms with Gasteiger partial charge in [0.05, 0.1) is 0 Å². The Kier molecular flexibility index (Phi) is 4.67. The number of hydrogen-bond acceptors (Lipinski definition) is 3. The molecule has 0 saturated carbocycles. The van der Waals surface area contributed by atoms with Crippen molar-refractivity contribution in [3.05, 3.63) is 59.0 Å². The largest absolute Gasteiger partial charge is 0.449 e. The van der Waals surface area contributed by atoms with Gasteiger partial charge >= 0.3 is 6.18 Å². The number of nitrogens with one attached hydrogen (secondary N) is 1. The minimum absolute atomic E-state index is 0.0247. The number of carbonyl (C=O) groups is 1. The number of hydrogen-bond donors (Lipinski definition) is 1. The van der Waals surface area contributed by atoms with E-state index < -0.39 is 12.0 Å². The lowest BCUT2D eigenvalue weighted by Crippen LogP contribution is -2.28. The van der Waals surface area contributed by atoms with Crippen molar-refractivity contribution < 1.29 is 18.0 Å². The Balaban J connectivity index is 1.77. The Labute approximate surface area is 147 Å². The van der Waals surface area contributed by atoms with Gasteiger partial charge < -0.3 is 9.88 Å². The van der Waals surface area contributed by atoms with Gasteiger partial charge in [0.1, 0.15) is 5.52 Å². The van der Waals surface area contributed by atoms with E-state index in [0.29, 0.717) is 5.56 Å². The first-order chi connectivity index (χ1) is 12.3. The average molecular weight is 362 g/mol. The van der Waals surface area contributed by atoms with E-state index in [1.807, 2.05) is 19.9 Å². The zero-order valence-electron chi connectivity index (χ0n) is 14.3. The maximum absolute atomic E-state index is 13.2. The van der Waals surface area contributed by atoms with E-state index in [4.69, 9.17) is 0 Å². The highest BCUT2D eigenvalue weighted by molar-refractivity contribution is 5.94. The number of rotatable bonds is 4. The lowest BCUT2D eigenvalue weighted by atomic mass is 10.1. The first kappa shape index (κ1) is 17.9. The van der Waals surface area contributed by atoms with Crippen molar-refractivity contribution in [1.29, 1.82) is 0 Å². The summed E-state index contributed by atoms with van der Waals surface area (Å²) in [6, 6.07) is 8.27. The number of aryl methyl sites for hydroxylation is 2. The van der Waals surface area contributed by atoms with Crippen molar-refractivity contribution in [2.24, 2.45) is 0 Å². The maximum Gasteiger partial charge on any atom is 0.449 e. The molecule has 2 aromatic heterocycles. The van der Waals surface area contributed by atoms with Crippen LogP contribution in [0.5, 0.6) is 0 Å². The van der Waals surface area contributed by atoms with Gasteiger partial charge in [0, 0.05) is 24.8 Å². The van der Waals surface area contributed by atoms with Crippen LogP contribution in [0, 0.1) is 13.8 Å². The van der Waals surface area contributed by atoms with Crippen LogP contribution in [-0.2, 0) is 12.7 Å². The number of alkyl halides is 3. The molecule has 3 rings (SSSR count). The number of imidazole rings is 1. The fourth-order valence-electron chi connectivity index (χ4n) is 2.65. The molecule has 3 aromatic rings. The fourth-order valence-corrected chi connectivity index (χ4v) is 2.65. The minimum atomic E-state index is -4.60. The molecule has 0 unspecified atom stereocenters. The van der Waals surface area contributed by atoms with Crippen LogP contribution in [0.15, 0.2) is 36.5 Å². The van der Waals surface area contributed by atoms with Crippen LogP contribution in [0.25, 0.3) is 11.2 Å². The second kappa shape index (κ2) is 6.78. The highest BCUT2D eigenvalue weighted by Crippen LogP contribution is 2.30. The van der Waals surface area contributed by atoms with Crippen molar-refractivity contribution in [3.63, 3.8) is 0 Å². The number of pyridine rings is 1. The number of amides is 1. The number of benzene rings is 1. The molecule has 0 spiro atoms. The van der Waals surface area contributed by atoms with Crippen LogP contribution in [0.1, 0.15) is 27.3 Å². The lowest BCUT2D eigenvalue weighted by molar-refractivity contribution is -0.146. The molecular formula is C18H17F3N4O. The van der Waals surface area contributed by atoms with E-state index in [1.54, 1.807) is 12.1 Å². The summed E-state index contributed by atoms with van der Waals surface area (Å²) < 4.78 is 40.6. The lowest BCUT2D eigenvalue weighted by Gasteiger charge is -2.12. The Morgan fingerprint density at radius 1 is 1.19 bits per heavy atom. The van der Waals surface area contributed by atoms with Gasteiger partial charge in [-0.3, -0.25) is 4.79 Å². The van der Waals surface area contributed by atoms with Crippen LogP contribution in [0.3, 0.4) is 0 Å². The highest BCUT2D eigenvalue weighted by Gasteiger charge is 2.37. The van der Waals surface area contributed by atoms with Crippen LogP contribution >= 0.6 is 0 Å². The summed E-state index contributed by atoms with van der Waals surface area (Å²) >= 11 is 0. The second-order valence-electron chi connectivity index (χ2n) is 5.99. The van der Waals surface area contributed by atoms with Crippen molar-refractivity contribution in [3.8, 4) is 0 Å². The standard InChI is InChI=1S/C18H17F3N4O/c1-11-5-6-13(10-12(11)2)16(26)23-8-9-25-15-14(4-3-7-22-15)24-17(25)18(19,20)21/h3-7,10H,8-9H2,1-2H3,(H,23,26). The predicted molar refractivity (Wildman–Crippen MR) is 90.8 cm³/mol. The van der Waals surface area contributed by atoms with Gasteiger partial charge in [-0.05, 0) is 49.2 Å². The number of halogens is 3. The molecule has 0 aliphatic carbocycles. The van der Waals surface area contributed by atoms with Crippen LogP contribution in [-0.4, -0.2) is 27.0 Å². The fraction of sp³-hybridized carbons (Fsp3) is 0.278. The smallest absolute Gasteiger partial charge is 0.350 e. The number of fused-ring (bicyclic) bond motifs is 1. The monoisotopic (exact) mass is 362 g/mol. The molecule has 1 aromatic carbocycles. The maximum atomic E-state index is 13.2. The summed E-state index contributed by atoms with van der Waals surface area (Å²) in [6.45, 7) is 3.77. The first-order valence-corrected chi connectivity index (χ1v) is 8.01. The minimum Gasteiger partial charge on any atom is -0.350 e. The zero-order chi connectivity index (χ0) is 18.9. The first-order valence-electron chi connectivity index (χ1n) is 8.01. The molecule has 5 nitrogen and oxygen atoms in total. The van der Waals surface area contributed by atoms with Gasteiger partial charge in [0.25, 0.3) is 5.91 Å². The molecule has 2 heterocycles. The molecule has 0 atom stereocenters. The van der Waals surface area contributed by atoms with Crippen molar-refractivity contribution in [2.75, 3.05) is 6.54 Å². The van der Waals surface area contributed by atoms with Crippen LogP contribution in [0.2, 0.25) is 0 Å². The average Bonchev–Trinajstić information content (AvgIpc) is 2.96. The zero-order valence-corrected chi connectivity index (χ0v) is 14.3. The van der Waals surface area contributed by atoms with E-state index >= 15 is 0 Å². The summed E-state index contributed by atoms with van der Waals surface area (Å²) in [5.74, 6) is -1.36. The van der Waals surface area contributed by atoms with Gasteiger partial charge in [-0.15, -0.1) is 0 Å². The summed E-state index contributed by atoms with van der Waals surface area (Å²) in [5.41, 5.74) is 2.81. The summed E-state index contributed by atoms with van der Waals surface area (Å²) in [4.78, 5) is 19.8. The molecule has 0 aliphatic heterocycles. The summed E-state index contributed by atoms with van der Waals surface area (Å²) in [7, 11) is 0. The van der Waals surface area contributed by atoms with Crippen LogP contribution in [0.4, 0.5) is 13.2 Å². The Hall–Kier alpha value is -2.90. The normalized spacial score (nSPS) is 11.7. The van der Waals surface area contributed by atoms with Crippen molar-refractivity contribution >= 4 is 17.1 Å². The van der Waals surface area contributed by atoms with Gasteiger partial charge in [-0.2, -0.15) is 13.2 Å². The quantitative estimate of drug-likeness (QED) is 0.773. The van der Waals surface area contributed by atoms with E-state index in [9.17, 15) is 18.0 Å². The molecule has 0 radical (unpaired) electrons. The van der Waals surface area contributed by atoms with Gasteiger partial charge in [-0.25, -0.2) is 9.97 Å². The van der Waals surface area contributed by atoms with Gasteiger partial charge in [0.15, 0.2) is 5.65 Å². The third-order valence-electron chi connectivity index (χ3n) is 4.15. The third kappa shape index (κ3) is 3.54. The third-order valence-corrected chi connectivity index (χ3v) is 4.15. The predicted octanol–water partition coefficient (Wildman–Crippen LogP) is 3.50. The Bertz CT molecular complexity index is 963. The van der Waals surface area contributed by atoms with Gasteiger partial charge in [0.2, 0.25) is 5.82 Å². The molecule has 26 heavy (non-hydrogen) atoms. The van der Waals surface area contributed by atoms with E-state index in [0.717, 1.165) is 15.7 Å². The summed E-state index contributed by atoms with van der Waals surface area (Å²) in [5, 5.41) is 2.64. The van der Waals surface area contributed by atoms with Gasteiger partial charge in [-0.1, -0.05) is 6.07 Å². The molecule has 1 amide bonds. The Morgan fingerprint density at radius 3 is 2.65 bits per heavy atom. The molecule has 0 fully saturated rings. The van der Waals surface area contributed by atoms with Crippen molar-refractivity contribution in [2.45, 2.75) is 26.6 Å². The molecule has 136 valence electrons. The highest BCUT2D eigenvalue weighted by atomic mass is 19.4. The molecule has 0 saturated heterocycles. The topological polar surface area (TPSA) is 59.8 Å². The summed E-state index contributed by atoms with van der Waals surface area (Å²) in [6.07, 6.45) is -3.19. The Morgan fingerprint density at radius 2 is 1.96 bits per heavy atom. The molecular weight excluding hydrogens is 345 g/mol. The van der Waals surface area contributed by atoms with E-state index in [1.165, 1.54) is 18.3 Å².